The van der Waals surface area contributed by atoms with Gasteiger partial charge in [-0.3, -0.25) is 4.79 Å². The van der Waals surface area contributed by atoms with Crippen molar-refractivity contribution >= 4 is 61.0 Å². The van der Waals surface area contributed by atoms with Gasteiger partial charge in [0.2, 0.25) is 16.0 Å². The van der Waals surface area contributed by atoms with Crippen molar-refractivity contribution in [3.8, 4) is 0 Å². The second-order valence-corrected chi connectivity index (χ2v) is 21.5. The minimum Gasteiger partial charge on any atom is -0.458 e. The summed E-state index contributed by atoms with van der Waals surface area (Å²) in [7, 11) is -2.44. The second kappa shape index (κ2) is 21.8. The molecule has 0 aliphatic rings. The number of hydrogen-bond donors (Lipinski definition) is 0. The van der Waals surface area contributed by atoms with Gasteiger partial charge in [-0.15, -0.1) is 0 Å². The van der Waals surface area contributed by atoms with Crippen LogP contribution in [0.25, 0.3) is 0 Å². The number of carbonyl (C=O) groups is 3. The van der Waals surface area contributed by atoms with Crippen LogP contribution in [0.2, 0.25) is 18.1 Å². The van der Waals surface area contributed by atoms with Gasteiger partial charge in [0.25, 0.3) is 0 Å². The molecule has 0 bridgehead atoms. The van der Waals surface area contributed by atoms with Crippen LogP contribution in [-0.4, -0.2) is 79.5 Å². The first kappa shape index (κ1) is 50.0. The number of ether oxygens (including phenoxy) is 5. The number of rotatable bonds is 19. The lowest BCUT2D eigenvalue weighted by Crippen LogP contribution is -2.46. The summed E-state index contributed by atoms with van der Waals surface area (Å²) in [6, 6.07) is 15.7. The van der Waals surface area contributed by atoms with Crippen molar-refractivity contribution < 1.29 is 68.8 Å². The predicted octanol–water partition coefficient (Wildman–Crippen LogP) is 9.93. The molecule has 0 radical (unpaired) electrons. The van der Waals surface area contributed by atoms with Crippen LogP contribution < -0.4 is 0 Å². The first-order valence-electron chi connectivity index (χ1n) is 17.3. The smallest absolute Gasteiger partial charge is 0.428 e. The quantitative estimate of drug-likeness (QED) is 0.0340. The number of halogens is 9. The zero-order valence-electron chi connectivity index (χ0n) is 31.9. The molecule has 2 aromatic carbocycles. The highest BCUT2D eigenvalue weighted by Gasteiger charge is 2.50. The van der Waals surface area contributed by atoms with Gasteiger partial charge in [-0.05, 0) is 48.3 Å². The van der Waals surface area contributed by atoms with Crippen molar-refractivity contribution in [3.05, 3.63) is 96.1 Å². The van der Waals surface area contributed by atoms with Gasteiger partial charge in [-0.1, -0.05) is 116 Å². The molecule has 0 spiro atoms. The van der Waals surface area contributed by atoms with E-state index in [0.29, 0.717) is 29.4 Å². The molecule has 0 saturated carbocycles. The van der Waals surface area contributed by atoms with Crippen molar-refractivity contribution in [3.63, 3.8) is 0 Å². The highest BCUT2D eigenvalue weighted by Crippen LogP contribution is 2.38. The Morgan fingerprint density at radius 1 is 0.702 bits per heavy atom. The summed E-state index contributed by atoms with van der Waals surface area (Å²) < 4.78 is 116. The van der Waals surface area contributed by atoms with E-state index >= 15 is 0 Å². The van der Waals surface area contributed by atoms with Crippen molar-refractivity contribution in [2.24, 2.45) is 0 Å². The molecule has 0 aromatic heterocycles. The summed E-state index contributed by atoms with van der Waals surface area (Å²) >= 11 is 16.6. The van der Waals surface area contributed by atoms with Crippen molar-refractivity contribution in [1.29, 1.82) is 0 Å². The number of carbonyl (C=O) groups excluding carboxylic acids is 3. The third kappa shape index (κ3) is 19.0. The normalized spacial score (nSPS) is 15.8. The van der Waals surface area contributed by atoms with E-state index in [-0.39, 0.29) is 11.1 Å². The maximum Gasteiger partial charge on any atom is 0.428 e. The summed E-state index contributed by atoms with van der Waals surface area (Å²) in [5.41, 5.74) is 0.783. The van der Waals surface area contributed by atoms with Crippen LogP contribution in [0.15, 0.2) is 85.0 Å². The van der Waals surface area contributed by atoms with Crippen molar-refractivity contribution in [1.82, 2.24) is 0 Å². The molecule has 0 heterocycles. The lowest BCUT2D eigenvalue weighted by Gasteiger charge is -2.38. The van der Waals surface area contributed by atoms with E-state index in [1.54, 1.807) is 36.4 Å². The van der Waals surface area contributed by atoms with E-state index in [1.807, 2.05) is 33.9 Å². The van der Waals surface area contributed by atoms with Gasteiger partial charge < -0.3 is 28.1 Å². The van der Waals surface area contributed by atoms with E-state index in [0.717, 1.165) is 0 Å². The van der Waals surface area contributed by atoms with Crippen LogP contribution in [0, 0.1) is 0 Å². The van der Waals surface area contributed by atoms with Gasteiger partial charge in [0.05, 0.1) is 25.7 Å². The molecule has 0 aliphatic heterocycles. The van der Waals surface area contributed by atoms with E-state index in [9.17, 15) is 40.7 Å². The topological polar surface area (TPSA) is 107 Å². The first-order chi connectivity index (χ1) is 26.2. The molecular formula is C38H45Cl3F6O9Si. The molecule has 0 saturated heterocycles. The molecule has 2 rings (SSSR count). The molecule has 2 aromatic rings. The molecule has 318 valence electrons. The zero-order valence-corrected chi connectivity index (χ0v) is 35.1. The molecule has 0 unspecified atom stereocenters. The Morgan fingerprint density at radius 3 is 1.53 bits per heavy atom. The van der Waals surface area contributed by atoms with Gasteiger partial charge in [0, 0.05) is 12.2 Å². The number of alkyl halides is 9. The zero-order chi connectivity index (χ0) is 43.2. The molecule has 57 heavy (non-hydrogen) atoms. The standard InChI is InChI=1S/C38H45Cl3F6O9Si/c1-25(56-57(5,6)35(2,3)4)21-32(50)55-34(38(45,46)47)29(52-23-27-15-11-8-12-16-27)18-20-31(49)54-33(37(42,43)44)28(51-22-26-13-9-7-10-14-26)17-19-30(48)53-24-36(39,40)41/h7-20,25,28-29,33-34H,21-24H2,1-6H3/b19-17+,20-18+/t25-,28+,29+,33+,34+/m0/s1. The highest BCUT2D eigenvalue weighted by molar-refractivity contribution is 6.74. The van der Waals surface area contributed by atoms with Crippen molar-refractivity contribution in [2.45, 2.75) is 112 Å². The average Bonchev–Trinajstić information content (AvgIpc) is 3.08. The van der Waals surface area contributed by atoms with Crippen LogP contribution in [0.3, 0.4) is 0 Å². The maximum absolute atomic E-state index is 14.5. The highest BCUT2D eigenvalue weighted by atomic mass is 35.6. The van der Waals surface area contributed by atoms with Gasteiger partial charge in [-0.25, -0.2) is 9.59 Å². The summed E-state index contributed by atoms with van der Waals surface area (Å²) in [6.45, 7) is 9.41. The SMILES string of the molecule is C[C@@H](CC(=O)O[C@H]([C@@H](/C=C/C(=O)O[C@H]([C@@H](/C=C/C(=O)OCC(Cl)(Cl)Cl)OCc1ccccc1)C(F)(F)F)OCc1ccccc1)C(F)(F)F)O[Si](C)(C)C(C)(C)C. The number of hydrogen-bond acceptors (Lipinski definition) is 9. The summed E-state index contributed by atoms with van der Waals surface area (Å²) in [5.74, 6) is -4.33. The van der Waals surface area contributed by atoms with E-state index in [4.69, 9.17) is 62.9 Å². The van der Waals surface area contributed by atoms with E-state index < -0.39 is 99.1 Å². The fourth-order valence-corrected chi connectivity index (χ4v) is 6.13. The Hall–Kier alpha value is -3.12. The minimum atomic E-state index is -5.35. The Balaban J connectivity index is 2.42. The Morgan fingerprint density at radius 2 is 1.12 bits per heavy atom. The van der Waals surface area contributed by atoms with E-state index in [2.05, 4.69) is 0 Å². The Kier molecular flexibility index (Phi) is 19.1. The Bertz CT molecular complexity index is 1630. The molecule has 0 aliphatic carbocycles. The van der Waals surface area contributed by atoms with E-state index in [1.165, 1.54) is 31.2 Å². The third-order valence-electron chi connectivity index (χ3n) is 8.29. The maximum atomic E-state index is 14.5. The van der Waals surface area contributed by atoms with Crippen LogP contribution in [0.4, 0.5) is 26.3 Å². The minimum absolute atomic E-state index is 0.274. The van der Waals surface area contributed by atoms with Crippen LogP contribution in [-0.2, 0) is 55.7 Å². The largest absolute Gasteiger partial charge is 0.458 e. The van der Waals surface area contributed by atoms with Crippen molar-refractivity contribution in [2.75, 3.05) is 6.61 Å². The van der Waals surface area contributed by atoms with Gasteiger partial charge in [-0.2, -0.15) is 26.3 Å². The monoisotopic (exact) mass is 892 g/mol. The predicted molar refractivity (Wildman–Crippen MR) is 204 cm³/mol. The second-order valence-electron chi connectivity index (χ2n) is 14.2. The van der Waals surface area contributed by atoms with Crippen LogP contribution in [0.5, 0.6) is 0 Å². The molecular weight excluding hydrogens is 849 g/mol. The van der Waals surface area contributed by atoms with Gasteiger partial charge in [0.1, 0.15) is 18.8 Å². The first-order valence-corrected chi connectivity index (χ1v) is 21.3. The summed E-state index contributed by atoms with van der Waals surface area (Å²) in [5, 5.41) is -0.274. The fraction of sp³-hybridized carbons (Fsp3) is 0.500. The Labute approximate surface area is 343 Å². The van der Waals surface area contributed by atoms with Crippen LogP contribution >= 0.6 is 34.8 Å². The number of benzene rings is 2. The lowest BCUT2D eigenvalue weighted by molar-refractivity contribution is -0.244. The van der Waals surface area contributed by atoms with Gasteiger partial charge >= 0.3 is 30.3 Å². The molecule has 5 atom stereocenters. The molecule has 0 amide bonds. The average molecular weight is 894 g/mol. The third-order valence-corrected chi connectivity index (χ3v) is 13.2. The fourth-order valence-electron chi connectivity index (χ4n) is 4.52. The molecule has 0 fully saturated rings. The molecule has 19 heteroatoms. The molecule has 0 N–H and O–H groups in total. The lowest BCUT2D eigenvalue weighted by atomic mass is 10.1. The molecule has 9 nitrogen and oxygen atoms in total. The van der Waals surface area contributed by atoms with Crippen LogP contribution in [0.1, 0.15) is 45.2 Å². The summed E-state index contributed by atoms with van der Waals surface area (Å²) in [4.78, 5) is 38.1. The summed E-state index contributed by atoms with van der Waals surface area (Å²) in [6.07, 6.45) is -20.7. The van der Waals surface area contributed by atoms with Gasteiger partial charge in [0.15, 0.2) is 8.32 Å². The number of esters is 3.